The molecular weight excluding hydrogens is 328 g/mol. The van der Waals surface area contributed by atoms with Crippen molar-refractivity contribution in [1.29, 1.82) is 0 Å². The minimum Gasteiger partial charge on any atom is -0.396 e. The summed E-state index contributed by atoms with van der Waals surface area (Å²) in [4.78, 5) is 19.4. The molecule has 2 N–H and O–H groups in total. The lowest BCUT2D eigenvalue weighted by Crippen LogP contribution is -2.55. The fraction of sp³-hybridized carbons (Fsp3) is 0.524. The van der Waals surface area contributed by atoms with Crippen molar-refractivity contribution in [3.8, 4) is 0 Å². The number of likely N-dealkylation sites (tertiary alicyclic amines) is 1. The van der Waals surface area contributed by atoms with E-state index in [1.54, 1.807) is 4.90 Å². The number of amides is 1. The molecule has 0 bridgehead atoms. The fourth-order valence-corrected chi connectivity index (χ4v) is 4.19. The van der Waals surface area contributed by atoms with E-state index >= 15 is 0 Å². The molecule has 0 unspecified atom stereocenters. The molecule has 2 heterocycles. The molecule has 1 aliphatic heterocycles. The highest BCUT2D eigenvalue weighted by molar-refractivity contribution is 5.98. The molecule has 0 saturated carbocycles. The lowest BCUT2D eigenvalue weighted by molar-refractivity contribution is -0.0720. The summed E-state index contributed by atoms with van der Waals surface area (Å²) in [6, 6.07) is 7.69. The summed E-state index contributed by atoms with van der Waals surface area (Å²) in [5.74, 6) is -0.0614. The molecule has 1 saturated heterocycles. The van der Waals surface area contributed by atoms with Crippen molar-refractivity contribution in [2.24, 2.45) is 5.41 Å². The van der Waals surface area contributed by atoms with Crippen LogP contribution in [0.5, 0.6) is 0 Å². The van der Waals surface area contributed by atoms with Crippen LogP contribution in [0.1, 0.15) is 47.8 Å². The van der Waals surface area contributed by atoms with Gasteiger partial charge >= 0.3 is 0 Å². The van der Waals surface area contributed by atoms with Gasteiger partial charge in [0, 0.05) is 35.1 Å². The number of aliphatic hydroxyl groups excluding tert-OH is 2. The van der Waals surface area contributed by atoms with Crippen molar-refractivity contribution in [3.63, 3.8) is 0 Å². The van der Waals surface area contributed by atoms with Gasteiger partial charge in [0.15, 0.2) is 0 Å². The van der Waals surface area contributed by atoms with E-state index in [0.29, 0.717) is 31.5 Å². The van der Waals surface area contributed by atoms with E-state index in [9.17, 15) is 15.0 Å². The summed E-state index contributed by atoms with van der Waals surface area (Å²) in [5.41, 5.74) is 2.89. The van der Waals surface area contributed by atoms with Gasteiger partial charge in [-0.25, -0.2) is 0 Å². The molecule has 0 aliphatic carbocycles. The number of piperidine rings is 1. The maximum atomic E-state index is 13.1. The number of hydrogen-bond acceptors (Lipinski definition) is 4. The Morgan fingerprint density at radius 2 is 2.12 bits per heavy atom. The SMILES string of the molecule is CCC[C@@]1(CO)CN(C(=O)c2ccc3c(C)cc(C)nc3c2)CC[C@@H]1O. The van der Waals surface area contributed by atoms with Crippen molar-refractivity contribution in [2.45, 2.75) is 46.1 Å². The van der Waals surface area contributed by atoms with Gasteiger partial charge in [-0.3, -0.25) is 9.78 Å². The van der Waals surface area contributed by atoms with E-state index in [1.807, 2.05) is 45.0 Å². The molecule has 1 aromatic heterocycles. The number of hydrogen-bond donors (Lipinski definition) is 2. The maximum Gasteiger partial charge on any atom is 0.253 e. The second kappa shape index (κ2) is 7.33. The predicted octanol–water partition coefficient (Wildman–Crippen LogP) is 2.84. The van der Waals surface area contributed by atoms with Crippen LogP contribution >= 0.6 is 0 Å². The van der Waals surface area contributed by atoms with E-state index in [4.69, 9.17) is 0 Å². The molecule has 1 amide bonds. The first-order chi connectivity index (χ1) is 12.4. The van der Waals surface area contributed by atoms with Gasteiger partial charge in [-0.05, 0) is 50.5 Å². The largest absolute Gasteiger partial charge is 0.396 e. The zero-order chi connectivity index (χ0) is 18.9. The number of carbonyl (C=O) groups is 1. The van der Waals surface area contributed by atoms with Gasteiger partial charge in [-0.1, -0.05) is 19.4 Å². The van der Waals surface area contributed by atoms with Crippen molar-refractivity contribution in [3.05, 3.63) is 41.1 Å². The lowest BCUT2D eigenvalue weighted by Gasteiger charge is -2.45. The van der Waals surface area contributed by atoms with Gasteiger partial charge < -0.3 is 15.1 Å². The Morgan fingerprint density at radius 1 is 1.35 bits per heavy atom. The number of carbonyl (C=O) groups excluding carboxylic acids is 1. The molecule has 140 valence electrons. The third-order valence-corrected chi connectivity index (χ3v) is 5.63. The Kier molecular flexibility index (Phi) is 5.30. The van der Waals surface area contributed by atoms with Crippen molar-refractivity contribution >= 4 is 16.8 Å². The first kappa shape index (κ1) is 18.8. The van der Waals surface area contributed by atoms with E-state index in [0.717, 1.165) is 28.6 Å². The summed E-state index contributed by atoms with van der Waals surface area (Å²) in [6.07, 6.45) is 1.49. The van der Waals surface area contributed by atoms with Crippen LogP contribution in [0.4, 0.5) is 0 Å². The second-order valence-electron chi connectivity index (χ2n) is 7.61. The Morgan fingerprint density at radius 3 is 2.81 bits per heavy atom. The van der Waals surface area contributed by atoms with Crippen LogP contribution in [0.15, 0.2) is 24.3 Å². The van der Waals surface area contributed by atoms with Crippen molar-refractivity contribution in [1.82, 2.24) is 9.88 Å². The summed E-state index contributed by atoms with van der Waals surface area (Å²) in [5, 5.41) is 21.4. The Bertz CT molecular complexity index is 820. The number of aliphatic hydroxyl groups is 2. The average Bonchev–Trinajstić information content (AvgIpc) is 2.62. The van der Waals surface area contributed by atoms with Gasteiger partial charge in [-0.2, -0.15) is 0 Å². The maximum absolute atomic E-state index is 13.1. The van der Waals surface area contributed by atoms with Crippen LogP contribution < -0.4 is 0 Å². The second-order valence-corrected chi connectivity index (χ2v) is 7.61. The quantitative estimate of drug-likeness (QED) is 0.883. The number of fused-ring (bicyclic) bond motifs is 1. The van der Waals surface area contributed by atoms with Crippen LogP contribution in [0.3, 0.4) is 0 Å². The third-order valence-electron chi connectivity index (χ3n) is 5.63. The van der Waals surface area contributed by atoms with Gasteiger partial charge in [0.05, 0.1) is 18.2 Å². The summed E-state index contributed by atoms with van der Waals surface area (Å²) >= 11 is 0. The molecule has 2 atom stereocenters. The molecule has 5 nitrogen and oxygen atoms in total. The smallest absolute Gasteiger partial charge is 0.253 e. The van der Waals surface area contributed by atoms with Gasteiger partial charge in [0.25, 0.3) is 5.91 Å². The third kappa shape index (κ3) is 3.33. The van der Waals surface area contributed by atoms with Gasteiger partial charge in [0.1, 0.15) is 0 Å². The summed E-state index contributed by atoms with van der Waals surface area (Å²) in [6.45, 7) is 6.81. The van der Waals surface area contributed by atoms with Gasteiger partial charge in [-0.15, -0.1) is 0 Å². The minimum atomic E-state index is -0.620. The molecule has 5 heteroatoms. The highest BCUT2D eigenvalue weighted by Gasteiger charge is 2.43. The van der Waals surface area contributed by atoms with E-state index in [2.05, 4.69) is 4.98 Å². The number of aromatic nitrogens is 1. The Hall–Kier alpha value is -1.98. The zero-order valence-corrected chi connectivity index (χ0v) is 15.8. The number of benzene rings is 1. The average molecular weight is 356 g/mol. The van der Waals surface area contributed by atoms with E-state index in [-0.39, 0.29) is 12.5 Å². The number of pyridine rings is 1. The molecule has 1 aliphatic rings. The highest BCUT2D eigenvalue weighted by atomic mass is 16.3. The number of aryl methyl sites for hydroxylation is 2. The van der Waals surface area contributed by atoms with Crippen molar-refractivity contribution in [2.75, 3.05) is 19.7 Å². The molecule has 26 heavy (non-hydrogen) atoms. The standard InChI is InChI=1S/C21H28N2O3/c1-4-8-21(13-24)12-23(9-7-19(21)25)20(26)16-5-6-17-14(2)10-15(3)22-18(17)11-16/h5-6,10-11,19,24-25H,4,7-9,12-13H2,1-3H3/t19-,21-/m0/s1. The molecule has 0 spiro atoms. The van der Waals surface area contributed by atoms with E-state index in [1.165, 1.54) is 0 Å². The van der Waals surface area contributed by atoms with Crippen LogP contribution in [0.2, 0.25) is 0 Å². The first-order valence-electron chi connectivity index (χ1n) is 9.36. The molecule has 0 radical (unpaired) electrons. The molecule has 3 rings (SSSR count). The normalized spacial score (nSPS) is 23.4. The number of rotatable bonds is 4. The highest BCUT2D eigenvalue weighted by Crippen LogP contribution is 2.35. The monoisotopic (exact) mass is 356 g/mol. The van der Waals surface area contributed by atoms with Crippen LogP contribution in [-0.4, -0.2) is 51.8 Å². The lowest BCUT2D eigenvalue weighted by atomic mass is 9.74. The summed E-state index contributed by atoms with van der Waals surface area (Å²) in [7, 11) is 0. The fourth-order valence-electron chi connectivity index (χ4n) is 4.19. The molecule has 1 fully saturated rings. The van der Waals surface area contributed by atoms with Crippen LogP contribution in [-0.2, 0) is 0 Å². The first-order valence-corrected chi connectivity index (χ1v) is 9.36. The van der Waals surface area contributed by atoms with Gasteiger partial charge in [0.2, 0.25) is 0 Å². The Balaban J connectivity index is 1.90. The van der Waals surface area contributed by atoms with Crippen molar-refractivity contribution < 1.29 is 15.0 Å². The topological polar surface area (TPSA) is 73.7 Å². The molecular formula is C21H28N2O3. The predicted molar refractivity (Wildman–Crippen MR) is 102 cm³/mol. The molecule has 1 aromatic carbocycles. The molecule has 2 aromatic rings. The zero-order valence-electron chi connectivity index (χ0n) is 15.8. The van der Waals surface area contributed by atoms with E-state index < -0.39 is 11.5 Å². The van der Waals surface area contributed by atoms with Crippen LogP contribution in [0, 0.1) is 19.3 Å². The minimum absolute atomic E-state index is 0.0614. The Labute approximate surface area is 154 Å². The van der Waals surface area contributed by atoms with Crippen LogP contribution in [0.25, 0.3) is 10.9 Å². The summed E-state index contributed by atoms with van der Waals surface area (Å²) < 4.78 is 0. The number of nitrogens with zero attached hydrogens (tertiary/aromatic N) is 2.